The average Bonchev–Trinajstić information content (AvgIpc) is 2.71. The Labute approximate surface area is 221 Å². The molecule has 3 nitrogen and oxygen atoms in total. The van der Waals surface area contributed by atoms with Crippen molar-refractivity contribution >= 4 is 59.0 Å². The van der Waals surface area contributed by atoms with Crippen LogP contribution in [-0.2, 0) is 14.3 Å². The van der Waals surface area contributed by atoms with Crippen molar-refractivity contribution in [3.63, 3.8) is 0 Å². The standard InChI is InChI=1S/C24H42O3S.Ba/c1-2-3-4-5-6-7-8-9-10-11-12-13-14-15-16-20-23-27-28(25,26)24-21-18-17-19-22-24;/h17-19,21-22H,2-16,20,23H2,1H3;. The first-order valence-corrected chi connectivity index (χ1v) is 13.0. The quantitative estimate of drug-likeness (QED) is 0.104. The summed E-state index contributed by atoms with van der Waals surface area (Å²) in [7, 11) is -3.58. The third-order valence-electron chi connectivity index (χ3n) is 5.27. The van der Waals surface area contributed by atoms with E-state index >= 15 is 0 Å². The third-order valence-corrected chi connectivity index (χ3v) is 6.59. The molecule has 29 heavy (non-hydrogen) atoms. The molecule has 0 N–H and O–H groups in total. The molecule has 1 aromatic rings. The van der Waals surface area contributed by atoms with E-state index in [-0.39, 0.29) is 60.4 Å². The number of hydrogen-bond donors (Lipinski definition) is 0. The average molecular weight is 548 g/mol. The SMILES string of the molecule is CCCCCCCCCCCCCCCCCCOS(=O)(=O)c1ccccc1.[Ba]. The molecule has 0 fully saturated rings. The van der Waals surface area contributed by atoms with Crippen molar-refractivity contribution in [2.45, 2.75) is 115 Å². The summed E-state index contributed by atoms with van der Waals surface area (Å²) in [5.41, 5.74) is 0. The summed E-state index contributed by atoms with van der Waals surface area (Å²) < 4.78 is 29.0. The second-order valence-corrected chi connectivity index (χ2v) is 9.51. The summed E-state index contributed by atoms with van der Waals surface area (Å²) in [5, 5.41) is 0. The molecule has 1 rings (SSSR count). The fourth-order valence-corrected chi connectivity index (χ4v) is 4.44. The minimum absolute atomic E-state index is 0. The van der Waals surface area contributed by atoms with E-state index in [2.05, 4.69) is 6.92 Å². The van der Waals surface area contributed by atoms with Crippen LogP contribution in [0.25, 0.3) is 0 Å². The van der Waals surface area contributed by atoms with Gasteiger partial charge in [0.15, 0.2) is 0 Å². The monoisotopic (exact) mass is 548 g/mol. The minimum Gasteiger partial charge on any atom is -0.266 e. The Morgan fingerprint density at radius 1 is 0.621 bits per heavy atom. The van der Waals surface area contributed by atoms with Gasteiger partial charge in [0.2, 0.25) is 0 Å². The molecule has 164 valence electrons. The van der Waals surface area contributed by atoms with Gasteiger partial charge in [0, 0.05) is 48.9 Å². The fourth-order valence-electron chi connectivity index (χ4n) is 3.47. The summed E-state index contributed by atoms with van der Waals surface area (Å²) in [6.45, 7) is 2.56. The van der Waals surface area contributed by atoms with Gasteiger partial charge in [0.1, 0.15) is 0 Å². The molecule has 0 atom stereocenters. The molecule has 0 saturated carbocycles. The van der Waals surface area contributed by atoms with Crippen molar-refractivity contribution in [3.05, 3.63) is 30.3 Å². The molecule has 0 spiro atoms. The predicted molar refractivity (Wildman–Crippen MR) is 125 cm³/mol. The summed E-state index contributed by atoms with van der Waals surface area (Å²) >= 11 is 0. The van der Waals surface area contributed by atoms with E-state index in [0.717, 1.165) is 12.8 Å². The number of unbranched alkanes of at least 4 members (excludes halogenated alkanes) is 15. The second-order valence-electron chi connectivity index (χ2n) is 7.89. The van der Waals surface area contributed by atoms with Gasteiger partial charge in [-0.1, -0.05) is 121 Å². The second kappa shape index (κ2) is 20.6. The van der Waals surface area contributed by atoms with E-state index in [1.165, 1.54) is 89.9 Å². The zero-order valence-electron chi connectivity index (χ0n) is 18.7. The van der Waals surface area contributed by atoms with E-state index in [0.29, 0.717) is 0 Å². The van der Waals surface area contributed by atoms with Gasteiger partial charge in [-0.3, -0.25) is 4.18 Å². The van der Waals surface area contributed by atoms with E-state index in [1.807, 2.05) is 0 Å². The molecule has 0 aliphatic carbocycles. The minimum atomic E-state index is -3.58. The molecule has 1 aromatic carbocycles. The van der Waals surface area contributed by atoms with Crippen LogP contribution in [0.1, 0.15) is 110 Å². The van der Waals surface area contributed by atoms with Gasteiger partial charge in [-0.15, -0.1) is 0 Å². The smallest absolute Gasteiger partial charge is 0.266 e. The Hall–Kier alpha value is 0.701. The Balaban J connectivity index is 0.00000784. The van der Waals surface area contributed by atoms with Crippen LogP contribution < -0.4 is 0 Å². The van der Waals surface area contributed by atoms with Crippen molar-refractivity contribution in [2.75, 3.05) is 6.61 Å². The maximum absolute atomic E-state index is 12.0. The van der Waals surface area contributed by atoms with Crippen LogP contribution in [0.5, 0.6) is 0 Å². The van der Waals surface area contributed by atoms with Gasteiger partial charge in [-0.2, -0.15) is 8.42 Å². The van der Waals surface area contributed by atoms with Crippen LogP contribution in [0.3, 0.4) is 0 Å². The van der Waals surface area contributed by atoms with Crippen molar-refractivity contribution < 1.29 is 12.6 Å². The number of rotatable bonds is 19. The molecular weight excluding hydrogens is 506 g/mol. The van der Waals surface area contributed by atoms with E-state index in [9.17, 15) is 8.42 Å². The Bertz CT molecular complexity index is 561. The Kier molecular flexibility index (Phi) is 21.1. The van der Waals surface area contributed by atoms with Crippen LogP contribution in [-0.4, -0.2) is 63.9 Å². The molecule has 5 heteroatoms. The van der Waals surface area contributed by atoms with Gasteiger partial charge in [-0.05, 0) is 18.6 Å². The van der Waals surface area contributed by atoms with Gasteiger partial charge in [0.25, 0.3) is 10.1 Å². The first-order valence-electron chi connectivity index (χ1n) is 11.6. The maximum atomic E-state index is 12.0. The molecular formula is C24H42BaO3S. The van der Waals surface area contributed by atoms with Crippen molar-refractivity contribution in [3.8, 4) is 0 Å². The first kappa shape index (κ1) is 29.7. The number of benzene rings is 1. The third kappa shape index (κ3) is 17.0. The summed E-state index contributed by atoms with van der Waals surface area (Å²) in [6, 6.07) is 8.37. The van der Waals surface area contributed by atoms with Crippen LogP contribution in [0.2, 0.25) is 0 Å². The molecule has 0 unspecified atom stereocenters. The summed E-state index contributed by atoms with van der Waals surface area (Å²) in [5.74, 6) is 0. The van der Waals surface area contributed by atoms with Gasteiger partial charge < -0.3 is 0 Å². The molecule has 0 aliphatic rings. The van der Waals surface area contributed by atoms with Crippen LogP contribution in [0, 0.1) is 0 Å². The molecule has 0 heterocycles. The molecule has 2 radical (unpaired) electrons. The summed E-state index contributed by atoms with van der Waals surface area (Å²) in [4.78, 5) is 0.242. The first-order chi connectivity index (χ1) is 13.7. The predicted octanol–water partition coefficient (Wildman–Crippen LogP) is 7.27. The van der Waals surface area contributed by atoms with Crippen molar-refractivity contribution in [2.24, 2.45) is 0 Å². The van der Waals surface area contributed by atoms with E-state index in [4.69, 9.17) is 4.18 Å². The van der Waals surface area contributed by atoms with Crippen molar-refractivity contribution in [1.82, 2.24) is 0 Å². The van der Waals surface area contributed by atoms with Gasteiger partial charge in [0.05, 0.1) is 11.5 Å². The maximum Gasteiger partial charge on any atom is 0.296 e. The molecule has 0 saturated heterocycles. The van der Waals surface area contributed by atoms with Crippen LogP contribution >= 0.6 is 0 Å². The fraction of sp³-hybridized carbons (Fsp3) is 0.750. The zero-order valence-corrected chi connectivity index (χ0v) is 24.0. The van der Waals surface area contributed by atoms with Gasteiger partial charge in [-0.25, -0.2) is 0 Å². The van der Waals surface area contributed by atoms with Gasteiger partial charge >= 0.3 is 0 Å². The summed E-state index contributed by atoms with van der Waals surface area (Å²) in [6.07, 6.45) is 20.9. The van der Waals surface area contributed by atoms with Crippen LogP contribution in [0.15, 0.2) is 35.2 Å². The molecule has 0 amide bonds. The Morgan fingerprint density at radius 2 is 1.00 bits per heavy atom. The molecule has 0 aliphatic heterocycles. The van der Waals surface area contributed by atoms with E-state index in [1.54, 1.807) is 30.3 Å². The number of hydrogen-bond acceptors (Lipinski definition) is 3. The van der Waals surface area contributed by atoms with Crippen molar-refractivity contribution in [1.29, 1.82) is 0 Å². The normalized spacial score (nSPS) is 11.3. The Morgan fingerprint density at radius 3 is 1.41 bits per heavy atom. The largest absolute Gasteiger partial charge is 0.296 e. The topological polar surface area (TPSA) is 43.4 Å². The molecule has 0 bridgehead atoms. The van der Waals surface area contributed by atoms with Crippen LogP contribution in [0.4, 0.5) is 0 Å². The molecule has 0 aromatic heterocycles. The van der Waals surface area contributed by atoms with E-state index < -0.39 is 10.1 Å². The zero-order chi connectivity index (χ0) is 20.3.